The molecule has 4 radical (unpaired) electrons. The van der Waals surface area contributed by atoms with Crippen LogP contribution >= 0.6 is 0 Å². The van der Waals surface area contributed by atoms with Crippen molar-refractivity contribution in [3.8, 4) is 5.75 Å². The number of hydrogen-bond acceptors (Lipinski definition) is 6. The van der Waals surface area contributed by atoms with Crippen LogP contribution in [0.3, 0.4) is 0 Å². The molecule has 18 heteroatoms. The molecule has 3 rings (SSSR count). The molecular formula is C18H11B2F7N4O5. The number of halogens is 7. The molecule has 1 saturated heterocycles. The van der Waals surface area contributed by atoms with Crippen LogP contribution in [-0.4, -0.2) is 61.3 Å². The molecule has 2 atom stereocenters. The Morgan fingerprint density at radius 3 is 2.11 bits per heavy atom. The van der Waals surface area contributed by atoms with Gasteiger partial charge in [-0.1, -0.05) is 0 Å². The summed E-state index contributed by atoms with van der Waals surface area (Å²) in [6.45, 7) is 0. The van der Waals surface area contributed by atoms with Crippen molar-refractivity contribution in [2.75, 3.05) is 16.8 Å². The van der Waals surface area contributed by atoms with Gasteiger partial charge in [0.2, 0.25) is 0 Å². The lowest BCUT2D eigenvalue weighted by atomic mass is 9.70. The third kappa shape index (κ3) is 4.77. The van der Waals surface area contributed by atoms with Gasteiger partial charge in [0.15, 0.2) is 19.4 Å². The first-order chi connectivity index (χ1) is 16.3. The number of rotatable bonds is 3. The average molecular weight is 518 g/mol. The van der Waals surface area contributed by atoms with Crippen molar-refractivity contribution >= 4 is 39.3 Å². The number of urea groups is 1. The third-order valence-corrected chi connectivity index (χ3v) is 4.84. The van der Waals surface area contributed by atoms with E-state index in [9.17, 15) is 50.5 Å². The Morgan fingerprint density at radius 2 is 1.67 bits per heavy atom. The van der Waals surface area contributed by atoms with Crippen LogP contribution in [0.4, 0.5) is 51.8 Å². The van der Waals surface area contributed by atoms with Gasteiger partial charge in [-0.05, 0) is 30.3 Å². The molecule has 36 heavy (non-hydrogen) atoms. The quantitative estimate of drug-likeness (QED) is 0.424. The second kappa shape index (κ2) is 8.55. The van der Waals surface area contributed by atoms with Crippen LogP contribution in [0, 0.1) is 5.82 Å². The van der Waals surface area contributed by atoms with Crippen molar-refractivity contribution in [1.82, 2.24) is 10.3 Å². The second-order valence-corrected chi connectivity index (χ2v) is 7.36. The Bertz CT molecular complexity index is 1210. The van der Waals surface area contributed by atoms with E-state index in [0.717, 1.165) is 31.3 Å². The summed E-state index contributed by atoms with van der Waals surface area (Å²) in [6.07, 6.45) is -12.9. The highest BCUT2D eigenvalue weighted by Crippen LogP contribution is 2.46. The maximum absolute atomic E-state index is 13.8. The van der Waals surface area contributed by atoms with Gasteiger partial charge in [-0.25, -0.2) is 19.0 Å². The molecule has 1 fully saturated rings. The van der Waals surface area contributed by atoms with Crippen LogP contribution in [0.2, 0.25) is 0 Å². The average Bonchev–Trinajstić information content (AvgIpc) is 2.88. The Hall–Kier alpha value is -3.53. The van der Waals surface area contributed by atoms with Crippen molar-refractivity contribution in [3.63, 3.8) is 0 Å². The van der Waals surface area contributed by atoms with Crippen molar-refractivity contribution in [3.05, 3.63) is 47.4 Å². The van der Waals surface area contributed by atoms with Crippen LogP contribution < -0.4 is 19.9 Å². The number of benzene rings is 1. The molecule has 0 saturated carbocycles. The predicted molar refractivity (Wildman–Crippen MR) is 107 cm³/mol. The maximum Gasteiger partial charge on any atom is 0.433 e. The van der Waals surface area contributed by atoms with Gasteiger partial charge in [0.1, 0.15) is 36.2 Å². The number of nitrogens with one attached hydrogen (secondary N) is 1. The summed E-state index contributed by atoms with van der Waals surface area (Å²) in [4.78, 5) is 27.9. The molecule has 2 aromatic rings. The van der Waals surface area contributed by atoms with Crippen LogP contribution in [0.1, 0.15) is 11.3 Å². The van der Waals surface area contributed by atoms with Crippen molar-refractivity contribution in [2.45, 2.75) is 23.6 Å². The lowest BCUT2D eigenvalue weighted by molar-refractivity contribution is -0.145. The highest BCUT2D eigenvalue weighted by atomic mass is 19.4. The van der Waals surface area contributed by atoms with E-state index in [1.165, 1.54) is 5.32 Å². The molecule has 1 aliphatic heterocycles. The van der Waals surface area contributed by atoms with Gasteiger partial charge in [0.05, 0.1) is 0 Å². The van der Waals surface area contributed by atoms with E-state index in [-0.39, 0.29) is 5.69 Å². The smallest absolute Gasteiger partial charge is 0.405 e. The van der Waals surface area contributed by atoms with E-state index in [1.54, 1.807) is 0 Å². The van der Waals surface area contributed by atoms with Gasteiger partial charge in [0, 0.05) is 12.7 Å². The Morgan fingerprint density at radius 1 is 1.11 bits per heavy atom. The SMILES string of the molecule is [B]C1(O)NC(=O)N(c2nc(C(F)(F)F)cc(C(F)(F)F)c2OC(=O)N(C)c2ccc(F)cc2)C1([B])O. The molecule has 0 bridgehead atoms. The van der Waals surface area contributed by atoms with Crippen LogP contribution in [0.5, 0.6) is 5.75 Å². The molecule has 0 spiro atoms. The van der Waals surface area contributed by atoms with Gasteiger partial charge in [-0.15, -0.1) is 0 Å². The number of amides is 3. The van der Waals surface area contributed by atoms with E-state index in [0.29, 0.717) is 4.90 Å². The summed E-state index contributed by atoms with van der Waals surface area (Å²) in [6, 6.07) is 1.51. The normalized spacial score (nSPS) is 22.4. The lowest BCUT2D eigenvalue weighted by Crippen LogP contribution is -2.62. The Balaban J connectivity index is 2.25. The number of hydrogen-bond donors (Lipinski definition) is 3. The monoisotopic (exact) mass is 518 g/mol. The summed E-state index contributed by atoms with van der Waals surface area (Å²) in [5.74, 6) is -4.29. The number of alkyl halides is 6. The van der Waals surface area contributed by atoms with E-state index < -0.39 is 75.3 Å². The minimum atomic E-state index is -5.65. The predicted octanol–water partition coefficient (Wildman–Crippen LogP) is 2.05. The maximum atomic E-state index is 13.8. The molecule has 3 amide bonds. The fourth-order valence-electron chi connectivity index (χ4n) is 2.95. The highest BCUT2D eigenvalue weighted by molar-refractivity contribution is 6.31. The van der Waals surface area contributed by atoms with Crippen LogP contribution in [-0.2, 0) is 12.4 Å². The van der Waals surface area contributed by atoms with Crippen molar-refractivity contribution in [1.29, 1.82) is 0 Å². The standard InChI is InChI=1S/C18H11B2F7N4O5/c1-30(8-4-2-7(21)3-5-8)14(33)36-11-9(15(22,23)24)6-10(16(25,26)27)28-12(11)31-13(32)29-17(19,34)18(31,20)35/h2-6,34-35H,1H3,(H,29,32). The zero-order valence-corrected chi connectivity index (χ0v) is 17.6. The molecule has 1 aromatic carbocycles. The van der Waals surface area contributed by atoms with Crippen LogP contribution in [0.25, 0.3) is 0 Å². The lowest BCUT2D eigenvalue weighted by Gasteiger charge is -2.37. The third-order valence-electron chi connectivity index (χ3n) is 4.84. The van der Waals surface area contributed by atoms with Crippen molar-refractivity contribution < 1.29 is 55.3 Å². The largest absolute Gasteiger partial charge is 0.433 e. The van der Waals surface area contributed by atoms with Crippen molar-refractivity contribution in [2.24, 2.45) is 0 Å². The molecule has 1 aromatic heterocycles. The molecule has 0 aliphatic carbocycles. The minimum absolute atomic E-state index is 0.123. The van der Waals surface area contributed by atoms with Gasteiger partial charge in [-0.2, -0.15) is 26.3 Å². The van der Waals surface area contributed by atoms with Gasteiger partial charge < -0.3 is 20.3 Å². The fraction of sp³-hybridized carbons (Fsp3) is 0.278. The van der Waals surface area contributed by atoms with Gasteiger partial charge in [0.25, 0.3) is 0 Å². The summed E-state index contributed by atoms with van der Waals surface area (Å²) < 4.78 is 99.4. The fourth-order valence-corrected chi connectivity index (χ4v) is 2.95. The summed E-state index contributed by atoms with van der Waals surface area (Å²) in [5.41, 5.74) is -11.5. The van der Waals surface area contributed by atoms with E-state index >= 15 is 0 Å². The topological polar surface area (TPSA) is 115 Å². The van der Waals surface area contributed by atoms with Gasteiger partial charge >= 0.3 is 24.5 Å². The zero-order valence-electron chi connectivity index (χ0n) is 17.6. The molecule has 9 nitrogen and oxygen atoms in total. The Labute approximate surface area is 199 Å². The molecule has 1 aliphatic rings. The van der Waals surface area contributed by atoms with Crippen LogP contribution in [0.15, 0.2) is 30.3 Å². The number of pyridine rings is 1. The molecule has 3 N–H and O–H groups in total. The molecular weight excluding hydrogens is 507 g/mol. The van der Waals surface area contributed by atoms with E-state index in [1.807, 2.05) is 0 Å². The van der Waals surface area contributed by atoms with E-state index in [4.69, 9.17) is 15.7 Å². The first kappa shape index (κ1) is 27.1. The second-order valence-electron chi connectivity index (χ2n) is 7.36. The Kier molecular flexibility index (Phi) is 6.42. The molecule has 2 unspecified atom stereocenters. The minimum Gasteiger partial charge on any atom is -0.405 e. The highest BCUT2D eigenvalue weighted by Gasteiger charge is 2.57. The number of aliphatic hydroxyl groups is 2. The zero-order chi connectivity index (χ0) is 27.4. The number of carbonyl (C=O) groups is 2. The number of nitrogens with zero attached hydrogens (tertiary/aromatic N) is 3. The van der Waals surface area contributed by atoms with E-state index in [2.05, 4.69) is 9.72 Å². The number of ether oxygens (including phenoxy) is 1. The summed E-state index contributed by atoms with van der Waals surface area (Å²) >= 11 is 0. The first-order valence-electron chi connectivity index (χ1n) is 9.33. The summed E-state index contributed by atoms with van der Waals surface area (Å²) in [5, 5.41) is 21.7. The first-order valence-corrected chi connectivity index (χ1v) is 9.33. The van der Waals surface area contributed by atoms with Gasteiger partial charge in [-0.3, -0.25) is 9.80 Å². The molecule has 2 heterocycles. The molecule has 188 valence electrons. The number of carbonyl (C=O) groups excluding carboxylic acids is 2. The summed E-state index contributed by atoms with van der Waals surface area (Å²) in [7, 11) is 11.5. The number of anilines is 2. The number of aromatic nitrogens is 1.